The van der Waals surface area contributed by atoms with Crippen molar-refractivity contribution in [2.24, 2.45) is 0 Å². The molecule has 32 heavy (non-hydrogen) atoms. The van der Waals surface area contributed by atoms with Gasteiger partial charge in [-0.2, -0.15) is 0 Å². The number of benzene rings is 1. The number of ketones is 1. The van der Waals surface area contributed by atoms with E-state index in [2.05, 4.69) is 9.97 Å². The Kier molecular flexibility index (Phi) is 5.98. The van der Waals surface area contributed by atoms with E-state index in [4.69, 9.17) is 4.74 Å². The summed E-state index contributed by atoms with van der Waals surface area (Å²) < 4.78 is 5.64. The van der Waals surface area contributed by atoms with Crippen LogP contribution in [0.4, 0.5) is 0 Å². The molecule has 0 saturated carbocycles. The lowest BCUT2D eigenvalue weighted by Crippen LogP contribution is -2.29. The molecule has 1 aliphatic heterocycles. The Bertz CT molecular complexity index is 1140. The zero-order chi connectivity index (χ0) is 22.7. The van der Waals surface area contributed by atoms with Crippen LogP contribution in [0.1, 0.15) is 36.7 Å². The molecule has 0 bridgehead atoms. The standard InChI is InChI=1S/C25H23N3O4/c1-16(2)32-19-10-8-18(9-11-19)23(29)21-22(20-7-3-4-13-27-20)28(25(31)24(21)30)15-17-6-5-12-26-14-17/h3-14,16,22,29H,15H2,1-2H3/b23-21-. The third kappa shape index (κ3) is 4.23. The maximum Gasteiger partial charge on any atom is 0.296 e. The van der Waals surface area contributed by atoms with E-state index in [1.807, 2.05) is 19.9 Å². The molecule has 162 valence electrons. The molecule has 2 aromatic heterocycles. The smallest absolute Gasteiger partial charge is 0.296 e. The van der Waals surface area contributed by atoms with Gasteiger partial charge in [0.1, 0.15) is 17.6 Å². The summed E-state index contributed by atoms with van der Waals surface area (Å²) in [4.78, 5) is 35.9. The molecule has 1 atom stereocenters. The summed E-state index contributed by atoms with van der Waals surface area (Å²) in [5, 5.41) is 11.1. The van der Waals surface area contributed by atoms with Crippen LogP contribution in [0, 0.1) is 0 Å². The first-order chi connectivity index (χ1) is 15.5. The van der Waals surface area contributed by atoms with Crippen LogP contribution >= 0.6 is 0 Å². The number of rotatable bonds is 6. The third-order valence-corrected chi connectivity index (χ3v) is 5.08. The number of aromatic nitrogens is 2. The summed E-state index contributed by atoms with van der Waals surface area (Å²) in [6.45, 7) is 4.01. The number of carbonyl (C=O) groups is 2. The molecule has 7 nitrogen and oxygen atoms in total. The number of carbonyl (C=O) groups excluding carboxylic acids is 2. The Morgan fingerprint density at radius 1 is 1.06 bits per heavy atom. The van der Waals surface area contributed by atoms with Gasteiger partial charge >= 0.3 is 0 Å². The zero-order valence-corrected chi connectivity index (χ0v) is 17.8. The second kappa shape index (κ2) is 9.01. The van der Waals surface area contributed by atoms with Crippen LogP contribution in [0.25, 0.3) is 5.76 Å². The molecular weight excluding hydrogens is 406 g/mol. The zero-order valence-electron chi connectivity index (χ0n) is 17.8. The molecule has 3 aromatic rings. The Morgan fingerprint density at radius 3 is 2.47 bits per heavy atom. The first kappa shape index (κ1) is 21.2. The molecule has 1 N–H and O–H groups in total. The van der Waals surface area contributed by atoms with Gasteiger partial charge < -0.3 is 14.7 Å². The molecule has 7 heteroatoms. The van der Waals surface area contributed by atoms with E-state index in [0.29, 0.717) is 17.0 Å². The number of nitrogens with zero attached hydrogens (tertiary/aromatic N) is 3. The molecular formula is C25H23N3O4. The van der Waals surface area contributed by atoms with Crippen molar-refractivity contribution in [2.45, 2.75) is 32.5 Å². The van der Waals surface area contributed by atoms with Gasteiger partial charge in [0, 0.05) is 30.7 Å². The summed E-state index contributed by atoms with van der Waals surface area (Å²) in [6, 6.07) is 14.8. The summed E-state index contributed by atoms with van der Waals surface area (Å²) in [5.74, 6) is -1.03. The number of aliphatic hydroxyl groups excluding tert-OH is 1. The quantitative estimate of drug-likeness (QED) is 0.363. The topological polar surface area (TPSA) is 92.6 Å². The van der Waals surface area contributed by atoms with Crippen LogP contribution in [-0.4, -0.2) is 37.8 Å². The fraction of sp³-hybridized carbons (Fsp3) is 0.200. The molecule has 1 saturated heterocycles. The van der Waals surface area contributed by atoms with E-state index in [1.165, 1.54) is 4.90 Å². The summed E-state index contributed by atoms with van der Waals surface area (Å²) in [6.07, 6.45) is 4.89. The van der Waals surface area contributed by atoms with Crippen molar-refractivity contribution in [3.05, 3.63) is 95.6 Å². The highest BCUT2D eigenvalue weighted by Gasteiger charge is 2.46. The number of likely N-dealkylation sites (tertiary alicyclic amines) is 1. The van der Waals surface area contributed by atoms with E-state index < -0.39 is 17.7 Å². The second-order valence-corrected chi connectivity index (χ2v) is 7.73. The molecule has 1 aliphatic rings. The maximum absolute atomic E-state index is 13.0. The normalized spacial score (nSPS) is 17.7. The molecule has 0 aliphatic carbocycles. The van der Waals surface area contributed by atoms with Gasteiger partial charge in [0.2, 0.25) is 0 Å². The molecule has 0 radical (unpaired) electrons. The van der Waals surface area contributed by atoms with Crippen LogP contribution in [0.5, 0.6) is 5.75 Å². The predicted molar refractivity (Wildman–Crippen MR) is 119 cm³/mol. The van der Waals surface area contributed by atoms with E-state index in [1.54, 1.807) is 67.1 Å². The minimum Gasteiger partial charge on any atom is -0.507 e. The van der Waals surface area contributed by atoms with Crippen molar-refractivity contribution in [1.82, 2.24) is 14.9 Å². The van der Waals surface area contributed by atoms with Crippen LogP contribution in [0.3, 0.4) is 0 Å². The fourth-order valence-corrected chi connectivity index (χ4v) is 3.70. The minimum absolute atomic E-state index is 0.00937. The minimum atomic E-state index is -0.817. The molecule has 0 spiro atoms. The number of aliphatic hydroxyl groups is 1. The lowest BCUT2D eigenvalue weighted by molar-refractivity contribution is -0.140. The van der Waals surface area contributed by atoms with Gasteiger partial charge in [0.15, 0.2) is 0 Å². The van der Waals surface area contributed by atoms with E-state index in [-0.39, 0.29) is 24.0 Å². The van der Waals surface area contributed by atoms with Crippen molar-refractivity contribution >= 4 is 17.4 Å². The predicted octanol–water partition coefficient (Wildman–Crippen LogP) is 3.89. The highest BCUT2D eigenvalue weighted by atomic mass is 16.5. The highest BCUT2D eigenvalue weighted by molar-refractivity contribution is 6.46. The van der Waals surface area contributed by atoms with Gasteiger partial charge in [-0.05, 0) is 61.9 Å². The average Bonchev–Trinajstić information content (AvgIpc) is 3.05. The SMILES string of the molecule is CC(C)Oc1ccc(/C(O)=C2/C(=O)C(=O)N(Cc3cccnc3)C2c2ccccn2)cc1. The summed E-state index contributed by atoms with van der Waals surface area (Å²) >= 11 is 0. The highest BCUT2D eigenvalue weighted by Crippen LogP contribution is 2.39. The van der Waals surface area contributed by atoms with E-state index in [0.717, 1.165) is 5.56 Å². The maximum atomic E-state index is 13.0. The molecule has 1 amide bonds. The van der Waals surface area contributed by atoms with Gasteiger partial charge in [-0.25, -0.2) is 0 Å². The fourth-order valence-electron chi connectivity index (χ4n) is 3.70. The van der Waals surface area contributed by atoms with Crippen LogP contribution in [-0.2, 0) is 16.1 Å². The Hall–Kier alpha value is -4.00. The van der Waals surface area contributed by atoms with Crippen molar-refractivity contribution in [2.75, 3.05) is 0 Å². The Labute approximate surface area is 186 Å². The molecule has 1 aromatic carbocycles. The summed E-state index contributed by atoms with van der Waals surface area (Å²) in [5.41, 5.74) is 1.69. The van der Waals surface area contributed by atoms with Gasteiger partial charge in [-0.3, -0.25) is 19.6 Å². The first-order valence-electron chi connectivity index (χ1n) is 10.3. The van der Waals surface area contributed by atoms with Gasteiger partial charge in [0.05, 0.1) is 17.4 Å². The molecule has 1 unspecified atom stereocenters. The monoisotopic (exact) mass is 429 g/mol. The lowest BCUT2D eigenvalue weighted by atomic mass is 9.98. The van der Waals surface area contributed by atoms with Crippen molar-refractivity contribution in [3.63, 3.8) is 0 Å². The third-order valence-electron chi connectivity index (χ3n) is 5.08. The van der Waals surface area contributed by atoms with E-state index in [9.17, 15) is 14.7 Å². The number of Topliss-reactive ketones (excluding diaryl/α,β-unsaturated/α-hetero) is 1. The number of hydrogen-bond donors (Lipinski definition) is 1. The number of ether oxygens (including phenoxy) is 1. The first-order valence-corrected chi connectivity index (χ1v) is 10.3. The van der Waals surface area contributed by atoms with E-state index >= 15 is 0 Å². The number of hydrogen-bond acceptors (Lipinski definition) is 6. The van der Waals surface area contributed by atoms with Crippen molar-refractivity contribution < 1.29 is 19.4 Å². The average molecular weight is 429 g/mol. The van der Waals surface area contributed by atoms with Crippen LogP contribution in [0.15, 0.2) is 78.8 Å². The Morgan fingerprint density at radius 2 is 1.84 bits per heavy atom. The largest absolute Gasteiger partial charge is 0.507 e. The Balaban J connectivity index is 1.78. The molecule has 4 rings (SSSR count). The summed E-state index contributed by atoms with van der Waals surface area (Å²) in [7, 11) is 0. The second-order valence-electron chi connectivity index (χ2n) is 7.73. The molecule has 1 fully saturated rings. The number of pyridine rings is 2. The van der Waals surface area contributed by atoms with Gasteiger partial charge in [0.25, 0.3) is 11.7 Å². The van der Waals surface area contributed by atoms with Crippen LogP contribution < -0.4 is 4.74 Å². The van der Waals surface area contributed by atoms with Crippen LogP contribution in [0.2, 0.25) is 0 Å². The van der Waals surface area contributed by atoms with Gasteiger partial charge in [-0.1, -0.05) is 12.1 Å². The molecule has 3 heterocycles. The number of amides is 1. The van der Waals surface area contributed by atoms with Crippen molar-refractivity contribution in [3.8, 4) is 5.75 Å². The van der Waals surface area contributed by atoms with Gasteiger partial charge in [-0.15, -0.1) is 0 Å². The lowest BCUT2D eigenvalue weighted by Gasteiger charge is -2.24. The van der Waals surface area contributed by atoms with Crippen molar-refractivity contribution in [1.29, 1.82) is 0 Å².